The number of hydrogen-bond acceptors (Lipinski definition) is 3. The number of aryl methyl sites for hydroxylation is 1. The van der Waals surface area contributed by atoms with Crippen molar-refractivity contribution in [2.24, 2.45) is 5.92 Å². The largest absolute Gasteiger partial charge is 0.418 e. The summed E-state index contributed by atoms with van der Waals surface area (Å²) in [6, 6.07) is 6.79. The van der Waals surface area contributed by atoms with E-state index in [0.717, 1.165) is 43.1 Å². The maximum Gasteiger partial charge on any atom is 0.418 e. The van der Waals surface area contributed by atoms with E-state index >= 15 is 0 Å². The number of anilines is 1. The number of halogens is 3. The quantitative estimate of drug-likeness (QED) is 0.827. The first-order valence-electron chi connectivity index (χ1n) is 9.08. The summed E-state index contributed by atoms with van der Waals surface area (Å²) in [5, 5.41) is 10.2. The number of amides is 1. The number of alkyl halides is 3. The molecule has 1 aliphatic rings. The highest BCUT2D eigenvalue weighted by atomic mass is 19.4. The number of nitrogens with zero attached hydrogens (tertiary/aromatic N) is 2. The predicted octanol–water partition coefficient (Wildman–Crippen LogP) is 3.92. The van der Waals surface area contributed by atoms with Gasteiger partial charge in [-0.15, -0.1) is 0 Å². The van der Waals surface area contributed by atoms with Crippen LogP contribution in [0.15, 0.2) is 30.3 Å². The Kier molecular flexibility index (Phi) is 5.84. The Labute approximate surface area is 155 Å². The molecule has 0 radical (unpaired) electrons. The van der Waals surface area contributed by atoms with Gasteiger partial charge in [-0.25, -0.2) is 4.68 Å². The van der Waals surface area contributed by atoms with Crippen LogP contribution >= 0.6 is 0 Å². The van der Waals surface area contributed by atoms with Gasteiger partial charge in [-0.2, -0.15) is 18.3 Å². The molecule has 1 aromatic carbocycles. The molecule has 0 aliphatic carbocycles. The van der Waals surface area contributed by atoms with E-state index in [4.69, 9.17) is 0 Å². The van der Waals surface area contributed by atoms with Crippen LogP contribution in [0.25, 0.3) is 5.69 Å². The summed E-state index contributed by atoms with van der Waals surface area (Å²) in [7, 11) is 0. The van der Waals surface area contributed by atoms with Crippen molar-refractivity contribution >= 4 is 11.7 Å². The van der Waals surface area contributed by atoms with E-state index in [9.17, 15) is 18.0 Å². The number of piperidine rings is 1. The van der Waals surface area contributed by atoms with Crippen LogP contribution in [0.2, 0.25) is 0 Å². The van der Waals surface area contributed by atoms with Crippen molar-refractivity contribution in [2.75, 3.05) is 18.4 Å². The zero-order valence-electron chi connectivity index (χ0n) is 15.1. The van der Waals surface area contributed by atoms with Crippen molar-refractivity contribution in [3.8, 4) is 5.69 Å². The molecule has 5 nitrogen and oxygen atoms in total. The van der Waals surface area contributed by atoms with Gasteiger partial charge in [-0.05, 0) is 57.3 Å². The maximum absolute atomic E-state index is 13.3. The Morgan fingerprint density at radius 1 is 1.30 bits per heavy atom. The van der Waals surface area contributed by atoms with Crippen molar-refractivity contribution < 1.29 is 18.0 Å². The fourth-order valence-corrected chi connectivity index (χ4v) is 3.38. The first kappa shape index (κ1) is 19.4. The topological polar surface area (TPSA) is 59.0 Å². The van der Waals surface area contributed by atoms with Gasteiger partial charge in [0, 0.05) is 12.5 Å². The molecule has 0 unspecified atom stereocenters. The molecular formula is C19H23F3N4O. The van der Waals surface area contributed by atoms with Gasteiger partial charge in [-0.1, -0.05) is 12.1 Å². The third kappa shape index (κ3) is 4.88. The van der Waals surface area contributed by atoms with Gasteiger partial charge >= 0.3 is 6.18 Å². The third-order valence-electron chi connectivity index (χ3n) is 4.78. The van der Waals surface area contributed by atoms with Gasteiger partial charge < -0.3 is 10.6 Å². The van der Waals surface area contributed by atoms with Crippen LogP contribution in [0.1, 0.15) is 36.9 Å². The van der Waals surface area contributed by atoms with Gasteiger partial charge in [0.2, 0.25) is 5.91 Å². The van der Waals surface area contributed by atoms with E-state index in [1.54, 1.807) is 13.0 Å². The molecule has 0 spiro atoms. The van der Waals surface area contributed by atoms with Crippen LogP contribution in [-0.2, 0) is 11.0 Å². The van der Waals surface area contributed by atoms with Gasteiger partial charge in [0.05, 0.1) is 16.9 Å². The molecule has 146 valence electrons. The number of benzene rings is 1. The van der Waals surface area contributed by atoms with Crippen LogP contribution in [-0.4, -0.2) is 28.8 Å². The lowest BCUT2D eigenvalue weighted by molar-refractivity contribution is -0.137. The molecule has 0 atom stereocenters. The van der Waals surface area contributed by atoms with Crippen LogP contribution in [0.4, 0.5) is 19.0 Å². The fraction of sp³-hybridized carbons (Fsp3) is 0.474. The first-order chi connectivity index (χ1) is 12.8. The predicted molar refractivity (Wildman–Crippen MR) is 96.8 cm³/mol. The van der Waals surface area contributed by atoms with E-state index in [-0.39, 0.29) is 17.4 Å². The fourth-order valence-electron chi connectivity index (χ4n) is 3.38. The highest BCUT2D eigenvalue weighted by Gasteiger charge is 2.34. The molecule has 27 heavy (non-hydrogen) atoms. The minimum atomic E-state index is -4.51. The zero-order valence-corrected chi connectivity index (χ0v) is 15.1. The highest BCUT2D eigenvalue weighted by molar-refractivity contribution is 5.90. The SMILES string of the molecule is Cc1cc(NC(=O)CCC2CCNCC2)n(-c2ccccc2C(F)(F)F)n1. The van der Waals surface area contributed by atoms with Crippen molar-refractivity contribution in [1.29, 1.82) is 0 Å². The second-order valence-corrected chi connectivity index (χ2v) is 6.88. The molecule has 8 heteroatoms. The van der Waals surface area contributed by atoms with Gasteiger partial charge in [0.1, 0.15) is 5.82 Å². The molecular weight excluding hydrogens is 357 g/mol. The molecule has 2 N–H and O–H groups in total. The molecule has 1 aromatic heterocycles. The van der Waals surface area contributed by atoms with Crippen LogP contribution in [0.3, 0.4) is 0 Å². The van der Waals surface area contributed by atoms with Crippen molar-refractivity contribution in [1.82, 2.24) is 15.1 Å². The summed E-state index contributed by atoms with van der Waals surface area (Å²) in [4.78, 5) is 12.3. The van der Waals surface area contributed by atoms with Crippen molar-refractivity contribution in [3.63, 3.8) is 0 Å². The number of rotatable bonds is 5. The molecule has 0 bridgehead atoms. The standard InChI is InChI=1S/C19H23F3N4O/c1-13-12-17(24-18(27)7-6-14-8-10-23-11-9-14)26(25-13)16-5-3-2-4-15(16)19(20,21)22/h2-5,12,14,23H,6-11H2,1H3,(H,24,27). The Morgan fingerprint density at radius 2 is 2.00 bits per heavy atom. The molecule has 2 aromatic rings. The van der Waals surface area contributed by atoms with E-state index in [2.05, 4.69) is 15.7 Å². The maximum atomic E-state index is 13.3. The number of carbonyl (C=O) groups excluding carboxylic acids is 1. The van der Waals surface area contributed by atoms with E-state index in [0.29, 0.717) is 18.0 Å². The Balaban J connectivity index is 1.76. The first-order valence-corrected chi connectivity index (χ1v) is 9.08. The molecule has 3 rings (SSSR count). The molecule has 0 saturated carbocycles. The molecule has 1 fully saturated rings. The summed E-state index contributed by atoms with van der Waals surface area (Å²) >= 11 is 0. The monoisotopic (exact) mass is 380 g/mol. The summed E-state index contributed by atoms with van der Waals surface area (Å²) in [6.45, 7) is 3.61. The summed E-state index contributed by atoms with van der Waals surface area (Å²) < 4.78 is 41.1. The summed E-state index contributed by atoms with van der Waals surface area (Å²) in [5.41, 5.74) is -0.370. The van der Waals surface area contributed by atoms with Gasteiger partial charge in [0.15, 0.2) is 0 Å². The second kappa shape index (κ2) is 8.12. The van der Waals surface area contributed by atoms with Crippen LogP contribution in [0.5, 0.6) is 0 Å². The lowest BCUT2D eigenvalue weighted by atomic mass is 9.93. The third-order valence-corrected chi connectivity index (χ3v) is 4.78. The zero-order chi connectivity index (χ0) is 19.4. The van der Waals surface area contributed by atoms with E-state index < -0.39 is 11.7 Å². The highest BCUT2D eigenvalue weighted by Crippen LogP contribution is 2.34. The summed E-state index contributed by atoms with van der Waals surface area (Å²) in [5.74, 6) is 0.549. The molecule has 1 amide bonds. The number of para-hydroxylation sites is 1. The van der Waals surface area contributed by atoms with Crippen molar-refractivity contribution in [3.05, 3.63) is 41.6 Å². The minimum Gasteiger partial charge on any atom is -0.317 e. The van der Waals surface area contributed by atoms with E-state index in [1.807, 2.05) is 0 Å². The Morgan fingerprint density at radius 3 is 2.70 bits per heavy atom. The summed E-state index contributed by atoms with van der Waals surface area (Å²) in [6.07, 6.45) is -1.30. The Bertz CT molecular complexity index is 794. The number of nitrogens with one attached hydrogen (secondary N) is 2. The van der Waals surface area contributed by atoms with Gasteiger partial charge in [-0.3, -0.25) is 4.79 Å². The average molecular weight is 380 g/mol. The molecule has 1 aliphatic heterocycles. The number of carbonyl (C=O) groups is 1. The molecule has 2 heterocycles. The molecule has 1 saturated heterocycles. The van der Waals surface area contributed by atoms with Crippen LogP contribution < -0.4 is 10.6 Å². The second-order valence-electron chi connectivity index (χ2n) is 6.88. The lowest BCUT2D eigenvalue weighted by Gasteiger charge is -2.22. The normalized spacial score (nSPS) is 15.7. The average Bonchev–Trinajstić information content (AvgIpc) is 3.00. The Hall–Kier alpha value is -2.35. The lowest BCUT2D eigenvalue weighted by Crippen LogP contribution is -2.28. The smallest absolute Gasteiger partial charge is 0.317 e. The van der Waals surface area contributed by atoms with Crippen molar-refractivity contribution in [2.45, 2.75) is 38.8 Å². The number of aromatic nitrogens is 2. The number of hydrogen-bond donors (Lipinski definition) is 2. The van der Waals surface area contributed by atoms with E-state index in [1.165, 1.54) is 18.2 Å². The van der Waals surface area contributed by atoms with Gasteiger partial charge in [0.25, 0.3) is 0 Å². The minimum absolute atomic E-state index is 0.105. The van der Waals surface area contributed by atoms with Crippen LogP contribution in [0, 0.1) is 12.8 Å².